The summed E-state index contributed by atoms with van der Waals surface area (Å²) in [4.78, 5) is 24.6. The molecule has 0 aromatic heterocycles. The van der Waals surface area contributed by atoms with Crippen LogP contribution in [0.15, 0.2) is 72.8 Å². The van der Waals surface area contributed by atoms with Crippen molar-refractivity contribution in [2.24, 2.45) is 0 Å². The van der Waals surface area contributed by atoms with Crippen molar-refractivity contribution in [1.82, 2.24) is 0 Å². The van der Waals surface area contributed by atoms with Crippen molar-refractivity contribution in [1.29, 1.82) is 0 Å². The van der Waals surface area contributed by atoms with Crippen molar-refractivity contribution >= 4 is 40.9 Å². The summed E-state index contributed by atoms with van der Waals surface area (Å²) >= 11 is 6.01. The van der Waals surface area contributed by atoms with Gasteiger partial charge in [-0.25, -0.2) is 0 Å². The predicted octanol–water partition coefficient (Wildman–Crippen LogP) is 5.03. The maximum Gasteiger partial charge on any atom is 0.262 e. The average Bonchev–Trinajstić information content (AvgIpc) is 2.82. The summed E-state index contributed by atoms with van der Waals surface area (Å²) in [6, 6.07) is 19.0. The summed E-state index contributed by atoms with van der Waals surface area (Å²) in [7, 11) is 3.07. The van der Waals surface area contributed by atoms with E-state index in [2.05, 4.69) is 10.6 Å². The Bertz CT molecular complexity index is 1160. The molecule has 0 aliphatic heterocycles. The quantitative estimate of drug-likeness (QED) is 0.432. The van der Waals surface area contributed by atoms with Crippen molar-refractivity contribution in [3.05, 3.63) is 83.4 Å². The average molecular weight is 467 g/mol. The number of carbonyl (C=O) groups excluding carboxylic acids is 2. The molecule has 33 heavy (non-hydrogen) atoms. The number of hydrogen-bond donors (Lipinski definition) is 2. The monoisotopic (exact) mass is 466 g/mol. The molecule has 0 bridgehead atoms. The van der Waals surface area contributed by atoms with Crippen molar-refractivity contribution in [3.8, 4) is 17.2 Å². The summed E-state index contributed by atoms with van der Waals surface area (Å²) < 4.78 is 16.0. The van der Waals surface area contributed by atoms with E-state index in [0.717, 1.165) is 0 Å². The van der Waals surface area contributed by atoms with Gasteiger partial charge in [0.1, 0.15) is 5.75 Å². The van der Waals surface area contributed by atoms with Crippen LogP contribution in [0.4, 0.5) is 11.4 Å². The third-order valence-corrected chi connectivity index (χ3v) is 4.68. The number of ether oxygens (including phenoxy) is 3. The maximum absolute atomic E-state index is 12.3. The number of para-hydroxylation sites is 2. The fourth-order valence-electron chi connectivity index (χ4n) is 2.94. The second-order valence-corrected chi connectivity index (χ2v) is 7.21. The molecule has 0 aliphatic rings. The lowest BCUT2D eigenvalue weighted by Gasteiger charge is -2.11. The van der Waals surface area contributed by atoms with E-state index in [4.69, 9.17) is 25.8 Å². The molecule has 0 radical (unpaired) electrons. The van der Waals surface area contributed by atoms with E-state index in [1.165, 1.54) is 13.2 Å². The molecule has 3 rings (SSSR count). The van der Waals surface area contributed by atoms with Crippen LogP contribution in [0.3, 0.4) is 0 Å². The third kappa shape index (κ3) is 7.02. The number of nitrogens with one attached hydrogen (secondary N) is 2. The zero-order chi connectivity index (χ0) is 23.6. The van der Waals surface area contributed by atoms with Gasteiger partial charge in [-0.2, -0.15) is 0 Å². The van der Waals surface area contributed by atoms with E-state index in [-0.39, 0.29) is 18.4 Å². The minimum absolute atomic E-state index is 0.193. The lowest BCUT2D eigenvalue weighted by Crippen LogP contribution is -2.20. The van der Waals surface area contributed by atoms with Crippen molar-refractivity contribution in [2.45, 2.75) is 0 Å². The molecule has 0 heterocycles. The van der Waals surface area contributed by atoms with Crippen LogP contribution in [-0.2, 0) is 9.59 Å². The molecule has 0 atom stereocenters. The van der Waals surface area contributed by atoms with Crippen LogP contribution in [0.25, 0.3) is 6.08 Å². The van der Waals surface area contributed by atoms with Crippen molar-refractivity contribution in [3.63, 3.8) is 0 Å². The molecule has 0 fully saturated rings. The standard InChI is InChI=1S/C25H23ClN2O5/c1-31-21-12-11-18(26)14-17(21)10-13-24(29)27-19-6-5-7-20(15-19)28-25(30)16-33-23-9-4-3-8-22(23)32-2/h3-15H,16H2,1-2H3,(H,27,29)(H,28,30)/b13-10+. The minimum atomic E-state index is -0.350. The zero-order valence-electron chi connectivity index (χ0n) is 18.1. The molecule has 3 aromatic carbocycles. The zero-order valence-corrected chi connectivity index (χ0v) is 18.9. The molecule has 0 aliphatic carbocycles. The molecule has 8 heteroatoms. The molecular weight excluding hydrogens is 444 g/mol. The van der Waals surface area contributed by atoms with Gasteiger partial charge in [-0.1, -0.05) is 29.8 Å². The lowest BCUT2D eigenvalue weighted by molar-refractivity contribution is -0.118. The number of halogens is 1. The Morgan fingerprint density at radius 2 is 1.55 bits per heavy atom. The van der Waals surface area contributed by atoms with E-state index in [1.807, 2.05) is 6.07 Å². The van der Waals surface area contributed by atoms with Crippen molar-refractivity contribution < 1.29 is 23.8 Å². The second-order valence-electron chi connectivity index (χ2n) is 6.78. The smallest absolute Gasteiger partial charge is 0.262 e. The summed E-state index contributed by atoms with van der Waals surface area (Å²) in [5.74, 6) is 0.915. The number of hydrogen-bond acceptors (Lipinski definition) is 5. The summed E-state index contributed by atoms with van der Waals surface area (Å²) in [5.41, 5.74) is 1.71. The molecular formula is C25H23ClN2O5. The Balaban J connectivity index is 1.57. The van der Waals surface area contributed by atoms with Gasteiger partial charge in [0.05, 0.1) is 14.2 Å². The first-order valence-electron chi connectivity index (χ1n) is 9.97. The Hall–Kier alpha value is -3.97. The molecule has 7 nitrogen and oxygen atoms in total. The highest BCUT2D eigenvalue weighted by Crippen LogP contribution is 2.26. The van der Waals surface area contributed by atoms with Gasteiger partial charge in [0.15, 0.2) is 18.1 Å². The Morgan fingerprint density at radius 1 is 0.848 bits per heavy atom. The topological polar surface area (TPSA) is 85.9 Å². The second kappa shape index (κ2) is 11.6. The molecule has 170 valence electrons. The van der Waals surface area contributed by atoms with Crippen LogP contribution in [-0.4, -0.2) is 32.6 Å². The van der Waals surface area contributed by atoms with Gasteiger partial charge in [-0.3, -0.25) is 9.59 Å². The number of benzene rings is 3. The van der Waals surface area contributed by atoms with Gasteiger partial charge >= 0.3 is 0 Å². The Labute approximate surface area is 196 Å². The molecule has 2 N–H and O–H groups in total. The van der Waals surface area contributed by atoms with E-state index in [0.29, 0.717) is 39.2 Å². The summed E-state index contributed by atoms with van der Waals surface area (Å²) in [6.07, 6.45) is 2.99. The first-order valence-corrected chi connectivity index (χ1v) is 10.3. The fourth-order valence-corrected chi connectivity index (χ4v) is 3.12. The fraction of sp³-hybridized carbons (Fsp3) is 0.120. The lowest BCUT2D eigenvalue weighted by atomic mass is 10.2. The molecule has 3 aromatic rings. The highest BCUT2D eigenvalue weighted by molar-refractivity contribution is 6.30. The van der Waals surface area contributed by atoms with Gasteiger partial charge in [0.2, 0.25) is 5.91 Å². The molecule has 0 saturated carbocycles. The van der Waals surface area contributed by atoms with Gasteiger partial charge in [0.25, 0.3) is 5.91 Å². The largest absolute Gasteiger partial charge is 0.496 e. The first-order chi connectivity index (χ1) is 16.0. The van der Waals surface area contributed by atoms with E-state index < -0.39 is 0 Å². The van der Waals surface area contributed by atoms with E-state index in [9.17, 15) is 9.59 Å². The van der Waals surface area contributed by atoms with Gasteiger partial charge in [-0.15, -0.1) is 0 Å². The van der Waals surface area contributed by atoms with Crippen LogP contribution in [0.2, 0.25) is 5.02 Å². The normalized spacial score (nSPS) is 10.5. The van der Waals surface area contributed by atoms with Gasteiger partial charge in [-0.05, 0) is 54.6 Å². The number of amides is 2. The Morgan fingerprint density at radius 3 is 2.27 bits per heavy atom. The highest BCUT2D eigenvalue weighted by atomic mass is 35.5. The molecule has 0 unspecified atom stereocenters. The number of anilines is 2. The number of carbonyl (C=O) groups is 2. The Kier molecular flexibility index (Phi) is 8.32. The minimum Gasteiger partial charge on any atom is -0.496 e. The van der Waals surface area contributed by atoms with E-state index >= 15 is 0 Å². The van der Waals surface area contributed by atoms with Crippen molar-refractivity contribution in [2.75, 3.05) is 31.5 Å². The third-order valence-electron chi connectivity index (χ3n) is 4.45. The van der Waals surface area contributed by atoms with Crippen LogP contribution in [0.1, 0.15) is 5.56 Å². The summed E-state index contributed by atoms with van der Waals surface area (Å²) in [5, 5.41) is 6.03. The van der Waals surface area contributed by atoms with E-state index in [1.54, 1.807) is 73.8 Å². The molecule has 0 spiro atoms. The molecule has 2 amide bonds. The summed E-state index contributed by atoms with van der Waals surface area (Å²) in [6.45, 7) is -0.193. The number of methoxy groups -OCH3 is 2. The predicted molar refractivity (Wildman–Crippen MR) is 129 cm³/mol. The van der Waals surface area contributed by atoms with Gasteiger partial charge in [0, 0.05) is 28.0 Å². The van der Waals surface area contributed by atoms with Crippen LogP contribution < -0.4 is 24.8 Å². The highest BCUT2D eigenvalue weighted by Gasteiger charge is 2.08. The van der Waals surface area contributed by atoms with Crippen LogP contribution in [0.5, 0.6) is 17.2 Å². The SMILES string of the molecule is COc1ccc(Cl)cc1/C=C/C(=O)Nc1cccc(NC(=O)COc2ccccc2OC)c1. The first kappa shape index (κ1) is 23.7. The van der Waals surface area contributed by atoms with Gasteiger partial charge < -0.3 is 24.8 Å². The van der Waals surface area contributed by atoms with Crippen LogP contribution in [0, 0.1) is 0 Å². The van der Waals surface area contributed by atoms with Crippen LogP contribution >= 0.6 is 11.6 Å². The number of rotatable bonds is 9. The molecule has 0 saturated heterocycles. The maximum atomic E-state index is 12.3.